The van der Waals surface area contributed by atoms with Crippen LogP contribution in [0, 0.1) is 12.7 Å². The van der Waals surface area contributed by atoms with Crippen molar-refractivity contribution in [3.63, 3.8) is 0 Å². The van der Waals surface area contributed by atoms with Crippen LogP contribution in [0.4, 0.5) is 10.1 Å². The molecule has 0 saturated carbocycles. The van der Waals surface area contributed by atoms with Gasteiger partial charge in [-0.1, -0.05) is 12.1 Å². The first kappa shape index (κ1) is 20.5. The third kappa shape index (κ3) is 5.23. The summed E-state index contributed by atoms with van der Waals surface area (Å²) in [6, 6.07) is 13.5. The molecule has 0 aliphatic rings. The molecule has 0 saturated heterocycles. The van der Waals surface area contributed by atoms with Gasteiger partial charge in [-0.15, -0.1) is 0 Å². The minimum Gasteiger partial charge on any atom is -0.439 e. The predicted molar refractivity (Wildman–Crippen MR) is 113 cm³/mol. The Morgan fingerprint density at radius 3 is 2.58 bits per heavy atom. The lowest BCUT2D eigenvalue weighted by Gasteiger charge is -2.10. The number of anilines is 1. The highest BCUT2D eigenvalue weighted by molar-refractivity contribution is 7.91. The summed E-state index contributed by atoms with van der Waals surface area (Å²) in [6.07, 6.45) is 4.84. The number of aromatic nitrogens is 4. The Balaban J connectivity index is 1.43. The highest BCUT2D eigenvalue weighted by Crippen LogP contribution is 2.23. The Morgan fingerprint density at radius 1 is 1.06 bits per heavy atom. The topological polar surface area (TPSA) is 99.0 Å². The van der Waals surface area contributed by atoms with E-state index in [4.69, 9.17) is 4.74 Å². The van der Waals surface area contributed by atoms with E-state index in [1.54, 1.807) is 53.4 Å². The molecule has 2 aromatic heterocycles. The zero-order chi connectivity index (χ0) is 21.8. The van der Waals surface area contributed by atoms with Crippen LogP contribution in [0.2, 0.25) is 0 Å². The van der Waals surface area contributed by atoms with Crippen LogP contribution in [0.15, 0.2) is 73.3 Å². The van der Waals surface area contributed by atoms with Crippen LogP contribution in [-0.4, -0.2) is 27.9 Å². The van der Waals surface area contributed by atoms with Gasteiger partial charge in [0.05, 0.1) is 5.75 Å². The molecule has 158 valence electrons. The van der Waals surface area contributed by atoms with E-state index >= 15 is 0 Å². The molecule has 1 N–H and O–H groups in total. The molecule has 31 heavy (non-hydrogen) atoms. The van der Waals surface area contributed by atoms with Crippen LogP contribution < -0.4 is 9.46 Å². The van der Waals surface area contributed by atoms with E-state index < -0.39 is 15.8 Å². The first-order valence-corrected chi connectivity index (χ1v) is 10.9. The monoisotopic (exact) mass is 439 g/mol. The molecule has 4 aromatic rings. The summed E-state index contributed by atoms with van der Waals surface area (Å²) in [6.45, 7) is 1.86. The summed E-state index contributed by atoms with van der Waals surface area (Å²) in [5.74, 6) is 1.38. The third-order valence-electron chi connectivity index (χ3n) is 4.30. The number of sulfonamides is 1. The lowest BCUT2D eigenvalue weighted by molar-refractivity contribution is 0.461. The SMILES string of the molecule is Cc1nccn1-c1cc(Oc2ccc(NS(=O)(=O)Cc3cccc(F)c3)cc2)ncn1. The second kappa shape index (κ2) is 8.52. The summed E-state index contributed by atoms with van der Waals surface area (Å²) in [5.41, 5.74) is 0.723. The summed E-state index contributed by atoms with van der Waals surface area (Å²) in [5, 5.41) is 0. The summed E-state index contributed by atoms with van der Waals surface area (Å²) < 4.78 is 48.0. The maximum absolute atomic E-state index is 13.3. The standard InChI is InChI=1S/C21H18FN5O3S/c1-15-23-9-10-27(15)20-12-21(25-14-24-20)30-19-7-5-18(6-8-19)26-31(28,29)13-16-3-2-4-17(22)11-16/h2-12,14,26H,13H2,1H3. The van der Waals surface area contributed by atoms with Crippen LogP contribution >= 0.6 is 0 Å². The van der Waals surface area contributed by atoms with Gasteiger partial charge in [0.25, 0.3) is 0 Å². The van der Waals surface area contributed by atoms with Gasteiger partial charge in [0.2, 0.25) is 15.9 Å². The molecule has 2 heterocycles. The van der Waals surface area contributed by atoms with Gasteiger partial charge in [0.15, 0.2) is 0 Å². The van der Waals surface area contributed by atoms with Gasteiger partial charge in [-0.05, 0) is 48.9 Å². The molecule has 0 bridgehead atoms. The smallest absolute Gasteiger partial charge is 0.236 e. The first-order chi connectivity index (χ1) is 14.9. The number of benzene rings is 2. The molecule has 4 rings (SSSR count). The molecule has 0 radical (unpaired) electrons. The average Bonchev–Trinajstić information content (AvgIpc) is 3.15. The number of aryl methyl sites for hydroxylation is 1. The summed E-state index contributed by atoms with van der Waals surface area (Å²) in [7, 11) is -3.70. The fraction of sp³-hybridized carbons (Fsp3) is 0.0952. The third-order valence-corrected chi connectivity index (χ3v) is 5.56. The number of nitrogens with zero attached hydrogens (tertiary/aromatic N) is 4. The number of nitrogens with one attached hydrogen (secondary N) is 1. The Hall–Kier alpha value is -3.79. The summed E-state index contributed by atoms with van der Waals surface area (Å²) in [4.78, 5) is 12.5. The highest BCUT2D eigenvalue weighted by Gasteiger charge is 2.13. The van der Waals surface area contributed by atoms with Crippen molar-refractivity contribution < 1.29 is 17.5 Å². The molecular weight excluding hydrogens is 421 g/mol. The average molecular weight is 439 g/mol. The van der Waals surface area contributed by atoms with E-state index in [9.17, 15) is 12.8 Å². The number of halogens is 1. The van der Waals surface area contributed by atoms with Crippen molar-refractivity contribution in [3.8, 4) is 17.4 Å². The predicted octanol–water partition coefficient (Wildman–Crippen LogP) is 3.84. The zero-order valence-corrected chi connectivity index (χ0v) is 17.3. The Kier molecular flexibility index (Phi) is 5.63. The van der Waals surface area contributed by atoms with Gasteiger partial charge in [-0.3, -0.25) is 9.29 Å². The van der Waals surface area contributed by atoms with E-state index in [2.05, 4.69) is 19.7 Å². The summed E-state index contributed by atoms with van der Waals surface area (Å²) >= 11 is 0. The Labute approximate surface area is 178 Å². The van der Waals surface area contributed by atoms with Crippen LogP contribution in [0.5, 0.6) is 11.6 Å². The van der Waals surface area contributed by atoms with Crippen molar-refractivity contribution in [2.75, 3.05) is 4.72 Å². The molecule has 0 unspecified atom stereocenters. The molecule has 0 spiro atoms. The maximum atomic E-state index is 13.3. The van der Waals surface area contributed by atoms with E-state index in [1.165, 1.54) is 24.5 Å². The molecule has 8 nitrogen and oxygen atoms in total. The van der Waals surface area contributed by atoms with E-state index in [0.29, 0.717) is 28.7 Å². The Bertz CT molecular complexity index is 1310. The molecule has 0 amide bonds. The Morgan fingerprint density at radius 2 is 1.87 bits per heavy atom. The van der Waals surface area contributed by atoms with Crippen molar-refractivity contribution in [2.24, 2.45) is 0 Å². The van der Waals surface area contributed by atoms with Crippen molar-refractivity contribution in [1.29, 1.82) is 0 Å². The minimum atomic E-state index is -3.70. The second-order valence-electron chi connectivity index (χ2n) is 6.68. The lowest BCUT2D eigenvalue weighted by Crippen LogP contribution is -2.15. The maximum Gasteiger partial charge on any atom is 0.236 e. The van der Waals surface area contributed by atoms with Gasteiger partial charge in [0.1, 0.15) is 29.5 Å². The van der Waals surface area contributed by atoms with E-state index in [1.807, 2.05) is 6.92 Å². The zero-order valence-electron chi connectivity index (χ0n) is 16.4. The van der Waals surface area contributed by atoms with Gasteiger partial charge in [0, 0.05) is 24.1 Å². The van der Waals surface area contributed by atoms with Crippen LogP contribution in [-0.2, 0) is 15.8 Å². The van der Waals surface area contributed by atoms with Gasteiger partial charge in [-0.2, -0.15) is 0 Å². The van der Waals surface area contributed by atoms with Crippen molar-refractivity contribution in [3.05, 3.63) is 90.5 Å². The normalized spacial score (nSPS) is 11.3. The number of hydrogen-bond donors (Lipinski definition) is 1. The quantitative estimate of drug-likeness (QED) is 0.470. The largest absolute Gasteiger partial charge is 0.439 e. The number of ether oxygens (including phenoxy) is 1. The highest BCUT2D eigenvalue weighted by atomic mass is 32.2. The molecule has 10 heteroatoms. The number of imidazole rings is 1. The van der Waals surface area contributed by atoms with E-state index in [-0.39, 0.29) is 5.75 Å². The van der Waals surface area contributed by atoms with Gasteiger partial charge >= 0.3 is 0 Å². The number of hydrogen-bond acceptors (Lipinski definition) is 6. The second-order valence-corrected chi connectivity index (χ2v) is 8.40. The molecule has 2 aromatic carbocycles. The van der Waals surface area contributed by atoms with Crippen molar-refractivity contribution >= 4 is 15.7 Å². The number of rotatable bonds is 7. The lowest BCUT2D eigenvalue weighted by atomic mass is 10.2. The molecule has 0 atom stereocenters. The van der Waals surface area contributed by atoms with Crippen LogP contribution in [0.1, 0.15) is 11.4 Å². The van der Waals surface area contributed by atoms with Crippen LogP contribution in [0.3, 0.4) is 0 Å². The van der Waals surface area contributed by atoms with Gasteiger partial charge in [-0.25, -0.2) is 27.8 Å². The fourth-order valence-electron chi connectivity index (χ4n) is 2.91. The van der Waals surface area contributed by atoms with Gasteiger partial charge < -0.3 is 4.74 Å². The van der Waals surface area contributed by atoms with Crippen molar-refractivity contribution in [1.82, 2.24) is 19.5 Å². The van der Waals surface area contributed by atoms with Crippen molar-refractivity contribution in [2.45, 2.75) is 12.7 Å². The molecule has 0 aliphatic carbocycles. The van der Waals surface area contributed by atoms with Crippen LogP contribution in [0.25, 0.3) is 5.82 Å². The molecule has 0 aliphatic heterocycles. The van der Waals surface area contributed by atoms with E-state index in [0.717, 1.165) is 5.82 Å². The minimum absolute atomic E-state index is 0.331. The first-order valence-electron chi connectivity index (χ1n) is 9.23. The molecular formula is C21H18FN5O3S. The molecule has 0 fully saturated rings. The fourth-order valence-corrected chi connectivity index (χ4v) is 4.10.